The molecule has 148 valence electrons. The lowest BCUT2D eigenvalue weighted by Crippen LogP contribution is -2.37. The minimum absolute atomic E-state index is 0.0107. The predicted octanol–water partition coefficient (Wildman–Crippen LogP) is 4.31. The average Bonchev–Trinajstić information content (AvgIpc) is 3.38. The molecule has 2 heterocycles. The van der Waals surface area contributed by atoms with E-state index in [9.17, 15) is 9.59 Å². The third kappa shape index (κ3) is 3.71. The number of ether oxygens (including phenoxy) is 1. The molecule has 1 atom stereocenters. The monoisotopic (exact) mass is 390 g/mol. The summed E-state index contributed by atoms with van der Waals surface area (Å²) in [6.45, 7) is 4.49. The van der Waals surface area contributed by atoms with Crippen molar-refractivity contribution in [2.24, 2.45) is 5.92 Å². The Kier molecular flexibility index (Phi) is 5.03. The third-order valence-corrected chi connectivity index (χ3v) is 5.05. The van der Waals surface area contributed by atoms with Gasteiger partial charge in [-0.15, -0.1) is 0 Å². The third-order valence-electron chi connectivity index (χ3n) is 5.05. The number of rotatable bonds is 5. The number of nitrogens with one attached hydrogen (secondary N) is 2. The van der Waals surface area contributed by atoms with Gasteiger partial charge in [-0.1, -0.05) is 32.0 Å². The summed E-state index contributed by atoms with van der Waals surface area (Å²) in [7, 11) is 0. The topological polar surface area (TPSA) is 87.3 Å². The van der Waals surface area contributed by atoms with Crippen LogP contribution in [0.25, 0.3) is 11.3 Å². The predicted molar refractivity (Wildman–Crippen MR) is 111 cm³/mol. The van der Waals surface area contributed by atoms with E-state index >= 15 is 0 Å². The van der Waals surface area contributed by atoms with Gasteiger partial charge in [0.1, 0.15) is 6.61 Å². The second-order valence-corrected chi connectivity index (χ2v) is 7.28. The van der Waals surface area contributed by atoms with Crippen molar-refractivity contribution in [3.8, 4) is 11.3 Å². The van der Waals surface area contributed by atoms with Crippen LogP contribution in [0.15, 0.2) is 60.8 Å². The molecule has 3 aromatic rings. The van der Waals surface area contributed by atoms with Crippen LogP contribution in [0.4, 0.5) is 16.2 Å². The Morgan fingerprint density at radius 2 is 1.93 bits per heavy atom. The van der Waals surface area contributed by atoms with Crippen LogP contribution in [-0.2, 0) is 4.74 Å². The van der Waals surface area contributed by atoms with Crippen molar-refractivity contribution >= 4 is 23.4 Å². The van der Waals surface area contributed by atoms with E-state index in [1.165, 1.54) is 0 Å². The molecule has 1 fully saturated rings. The molecule has 7 heteroatoms. The Labute approximate surface area is 168 Å². The SMILES string of the molecule is CC(C)C1COC(=O)N1c1ccc(C(=O)Nc2ccccc2-c2ccn[nH]2)cc1. The maximum absolute atomic E-state index is 12.8. The number of benzene rings is 2. The standard InChI is InChI=1S/C22H22N4O3/c1-14(2)20-13-29-22(28)26(20)16-9-7-15(8-10-16)21(27)24-18-6-4-3-5-17(18)19-11-12-23-25-19/h3-12,14,20H,13H2,1-2H3,(H,23,25)(H,24,27). The van der Waals surface area contributed by atoms with Crippen molar-refractivity contribution in [1.29, 1.82) is 0 Å². The maximum atomic E-state index is 12.8. The Bertz CT molecular complexity index is 1010. The number of cyclic esters (lactones) is 1. The first kappa shape index (κ1) is 18.7. The lowest BCUT2D eigenvalue weighted by molar-refractivity contribution is 0.102. The van der Waals surface area contributed by atoms with Crippen molar-refractivity contribution < 1.29 is 14.3 Å². The molecule has 29 heavy (non-hydrogen) atoms. The number of hydrogen-bond donors (Lipinski definition) is 2. The van der Waals surface area contributed by atoms with Gasteiger partial charge in [0.15, 0.2) is 0 Å². The first-order valence-electron chi connectivity index (χ1n) is 9.51. The Hall–Kier alpha value is -3.61. The summed E-state index contributed by atoms with van der Waals surface area (Å²) in [5.41, 5.74) is 3.59. The number of anilines is 2. The zero-order valence-electron chi connectivity index (χ0n) is 16.3. The average molecular weight is 390 g/mol. The highest BCUT2D eigenvalue weighted by Crippen LogP contribution is 2.29. The quantitative estimate of drug-likeness (QED) is 0.680. The molecule has 1 aromatic heterocycles. The molecule has 2 aromatic carbocycles. The summed E-state index contributed by atoms with van der Waals surface area (Å²) in [6.07, 6.45) is 1.31. The molecule has 1 unspecified atom stereocenters. The largest absolute Gasteiger partial charge is 0.447 e. The molecule has 2 amide bonds. The van der Waals surface area contributed by atoms with Crippen LogP contribution in [0.5, 0.6) is 0 Å². The Balaban J connectivity index is 1.53. The number of carbonyl (C=O) groups is 2. The molecule has 1 aliphatic rings. The van der Waals surface area contributed by atoms with Crippen molar-refractivity contribution in [1.82, 2.24) is 10.2 Å². The van der Waals surface area contributed by atoms with Crippen LogP contribution in [0.3, 0.4) is 0 Å². The van der Waals surface area contributed by atoms with Gasteiger partial charge in [-0.05, 0) is 42.3 Å². The normalized spacial score (nSPS) is 16.2. The lowest BCUT2D eigenvalue weighted by atomic mass is 10.0. The first-order chi connectivity index (χ1) is 14.0. The van der Waals surface area contributed by atoms with Gasteiger partial charge in [0.2, 0.25) is 0 Å². The summed E-state index contributed by atoms with van der Waals surface area (Å²) in [5, 5.41) is 9.83. The Morgan fingerprint density at radius 3 is 2.62 bits per heavy atom. The molecule has 1 saturated heterocycles. The van der Waals surface area contributed by atoms with Gasteiger partial charge in [0, 0.05) is 23.0 Å². The van der Waals surface area contributed by atoms with Gasteiger partial charge in [-0.3, -0.25) is 14.8 Å². The van der Waals surface area contributed by atoms with E-state index in [1.807, 2.05) is 30.3 Å². The number of amides is 2. The van der Waals surface area contributed by atoms with Crippen LogP contribution < -0.4 is 10.2 Å². The molecule has 0 saturated carbocycles. The summed E-state index contributed by atoms with van der Waals surface area (Å²) < 4.78 is 5.20. The van der Waals surface area contributed by atoms with Crippen LogP contribution in [0.1, 0.15) is 24.2 Å². The molecule has 4 rings (SSSR count). The zero-order chi connectivity index (χ0) is 20.4. The zero-order valence-corrected chi connectivity index (χ0v) is 16.3. The van der Waals surface area contributed by atoms with Crippen LogP contribution in [0, 0.1) is 5.92 Å². The maximum Gasteiger partial charge on any atom is 0.414 e. The van der Waals surface area contributed by atoms with E-state index in [0.29, 0.717) is 17.9 Å². The van der Waals surface area contributed by atoms with Crippen molar-refractivity contribution in [3.05, 3.63) is 66.4 Å². The van der Waals surface area contributed by atoms with Crippen LogP contribution in [0.2, 0.25) is 0 Å². The second-order valence-electron chi connectivity index (χ2n) is 7.28. The van der Waals surface area contributed by atoms with Crippen molar-refractivity contribution in [3.63, 3.8) is 0 Å². The van der Waals surface area contributed by atoms with Gasteiger partial charge >= 0.3 is 6.09 Å². The molecule has 0 bridgehead atoms. The summed E-state index contributed by atoms with van der Waals surface area (Å²) in [5.74, 6) is 0.0383. The number of carbonyl (C=O) groups excluding carboxylic acids is 2. The molecule has 0 radical (unpaired) electrons. The van der Waals surface area contributed by atoms with E-state index < -0.39 is 0 Å². The molecule has 1 aliphatic heterocycles. The number of hydrogen-bond acceptors (Lipinski definition) is 4. The minimum Gasteiger partial charge on any atom is -0.447 e. The van der Waals surface area contributed by atoms with Gasteiger partial charge < -0.3 is 10.1 Å². The van der Waals surface area contributed by atoms with E-state index in [-0.39, 0.29) is 24.0 Å². The number of para-hydroxylation sites is 1. The fraction of sp³-hybridized carbons (Fsp3) is 0.227. The van der Waals surface area contributed by atoms with Gasteiger partial charge in [0.05, 0.1) is 17.4 Å². The van der Waals surface area contributed by atoms with E-state index in [2.05, 4.69) is 29.4 Å². The number of H-pyrrole nitrogens is 1. The van der Waals surface area contributed by atoms with Crippen molar-refractivity contribution in [2.75, 3.05) is 16.8 Å². The molecular weight excluding hydrogens is 368 g/mol. The molecular formula is C22H22N4O3. The molecule has 7 nitrogen and oxygen atoms in total. The fourth-order valence-electron chi connectivity index (χ4n) is 3.42. The lowest BCUT2D eigenvalue weighted by Gasteiger charge is -2.24. The van der Waals surface area contributed by atoms with E-state index in [1.54, 1.807) is 35.4 Å². The molecule has 2 N–H and O–H groups in total. The van der Waals surface area contributed by atoms with Gasteiger partial charge in [-0.25, -0.2) is 4.79 Å². The molecule has 0 spiro atoms. The summed E-state index contributed by atoms with van der Waals surface area (Å²) in [6, 6.07) is 16.3. The highest BCUT2D eigenvalue weighted by atomic mass is 16.6. The van der Waals surface area contributed by atoms with Crippen molar-refractivity contribution in [2.45, 2.75) is 19.9 Å². The van der Waals surface area contributed by atoms with E-state index in [0.717, 1.165) is 16.9 Å². The van der Waals surface area contributed by atoms with Gasteiger partial charge in [-0.2, -0.15) is 5.10 Å². The fourth-order valence-corrected chi connectivity index (χ4v) is 3.42. The number of nitrogens with zero attached hydrogens (tertiary/aromatic N) is 2. The number of aromatic amines is 1. The van der Waals surface area contributed by atoms with Crippen LogP contribution >= 0.6 is 0 Å². The second kappa shape index (κ2) is 7.79. The highest BCUT2D eigenvalue weighted by Gasteiger charge is 2.36. The number of aromatic nitrogens is 2. The highest BCUT2D eigenvalue weighted by molar-refractivity contribution is 6.06. The van der Waals surface area contributed by atoms with E-state index in [4.69, 9.17) is 4.74 Å². The minimum atomic E-state index is -0.352. The van der Waals surface area contributed by atoms with Gasteiger partial charge in [0.25, 0.3) is 5.91 Å². The molecule has 0 aliphatic carbocycles. The summed E-state index contributed by atoms with van der Waals surface area (Å²) >= 11 is 0. The smallest absolute Gasteiger partial charge is 0.414 e. The first-order valence-corrected chi connectivity index (χ1v) is 9.51. The Morgan fingerprint density at radius 1 is 1.17 bits per heavy atom. The summed E-state index contributed by atoms with van der Waals surface area (Å²) in [4.78, 5) is 26.5. The van der Waals surface area contributed by atoms with Crippen LogP contribution in [-0.4, -0.2) is 34.8 Å².